The summed E-state index contributed by atoms with van der Waals surface area (Å²) in [5.74, 6) is -0.309. The Morgan fingerprint density at radius 1 is 1.37 bits per heavy atom. The largest absolute Gasteiger partial charge is 0.379 e. The molecule has 0 saturated carbocycles. The molecule has 3 aromatic rings. The van der Waals surface area contributed by atoms with Crippen molar-refractivity contribution in [3.05, 3.63) is 28.8 Å². The van der Waals surface area contributed by atoms with E-state index in [9.17, 15) is 4.79 Å². The van der Waals surface area contributed by atoms with E-state index in [2.05, 4.69) is 45.8 Å². The number of nitrogens with zero attached hydrogens (tertiary/aromatic N) is 9. The van der Waals surface area contributed by atoms with E-state index in [1.165, 1.54) is 10.9 Å². The number of nitrogens with one attached hydrogen (secondary N) is 1. The first-order valence-corrected chi connectivity index (χ1v) is 9.19. The van der Waals surface area contributed by atoms with Crippen LogP contribution in [-0.4, -0.2) is 78.4 Å². The zero-order chi connectivity index (χ0) is 21.1. The van der Waals surface area contributed by atoms with Crippen molar-refractivity contribution in [3.8, 4) is 5.82 Å². The Bertz CT molecular complexity index is 1060. The number of morpholine rings is 1. The lowest BCUT2D eigenvalue weighted by Crippen LogP contribution is -2.37. The van der Waals surface area contributed by atoms with Gasteiger partial charge in [-0.15, -0.1) is 5.10 Å². The number of hydrogen-bond acceptors (Lipinski definition) is 11. The number of aryl methyl sites for hydroxylation is 1. The second-order valence-corrected chi connectivity index (χ2v) is 6.67. The second kappa shape index (κ2) is 8.38. The summed E-state index contributed by atoms with van der Waals surface area (Å²) >= 11 is 0. The molecule has 14 nitrogen and oxygen atoms in total. The molecule has 0 aliphatic carbocycles. The number of nitrogens with two attached hydrogens (primary N) is 1. The van der Waals surface area contributed by atoms with Crippen molar-refractivity contribution in [3.63, 3.8) is 0 Å². The highest BCUT2D eigenvalue weighted by Gasteiger charge is 2.26. The number of amides is 1. The summed E-state index contributed by atoms with van der Waals surface area (Å²) in [6, 6.07) is 0. The van der Waals surface area contributed by atoms with Crippen molar-refractivity contribution in [2.75, 3.05) is 32.0 Å². The third-order valence-electron chi connectivity index (χ3n) is 4.79. The first-order valence-electron chi connectivity index (χ1n) is 9.19. The van der Waals surface area contributed by atoms with Crippen LogP contribution in [0.2, 0.25) is 0 Å². The fraction of sp³-hybridized carbons (Fsp3) is 0.438. The first kappa shape index (κ1) is 19.7. The van der Waals surface area contributed by atoms with Crippen LogP contribution in [0, 0.1) is 6.92 Å². The Kier molecular flexibility index (Phi) is 5.49. The van der Waals surface area contributed by atoms with E-state index in [-0.39, 0.29) is 17.3 Å². The second-order valence-electron chi connectivity index (χ2n) is 6.67. The summed E-state index contributed by atoms with van der Waals surface area (Å²) in [6.45, 7) is 4.90. The molecule has 0 unspecified atom stereocenters. The van der Waals surface area contributed by atoms with Crippen LogP contribution < -0.4 is 11.2 Å². The Morgan fingerprint density at radius 3 is 2.83 bits per heavy atom. The van der Waals surface area contributed by atoms with Gasteiger partial charge in [0.1, 0.15) is 0 Å². The number of ether oxygens (including phenoxy) is 1. The molecular weight excluding hydrogens is 394 g/mol. The molecule has 14 heteroatoms. The first-order chi connectivity index (χ1) is 14.5. The molecule has 1 amide bonds. The van der Waals surface area contributed by atoms with Gasteiger partial charge in [-0.2, -0.15) is 14.9 Å². The number of nitrogen functional groups attached to an aromatic ring is 1. The minimum Gasteiger partial charge on any atom is -0.379 e. The van der Waals surface area contributed by atoms with Gasteiger partial charge in [0.05, 0.1) is 31.3 Å². The molecule has 4 rings (SSSR count). The van der Waals surface area contributed by atoms with Gasteiger partial charge in [-0.3, -0.25) is 14.4 Å². The van der Waals surface area contributed by atoms with Gasteiger partial charge in [0.25, 0.3) is 5.91 Å². The van der Waals surface area contributed by atoms with Crippen LogP contribution in [0.3, 0.4) is 0 Å². The van der Waals surface area contributed by atoms with Crippen molar-refractivity contribution in [2.45, 2.75) is 13.5 Å². The molecule has 3 aromatic heterocycles. The molecule has 0 atom stereocenters. The molecule has 3 N–H and O–H groups in total. The van der Waals surface area contributed by atoms with E-state index in [1.807, 2.05) is 14.0 Å². The van der Waals surface area contributed by atoms with Crippen LogP contribution in [0.15, 0.2) is 15.9 Å². The van der Waals surface area contributed by atoms with Gasteiger partial charge in [0.15, 0.2) is 5.69 Å². The van der Waals surface area contributed by atoms with E-state index >= 15 is 0 Å². The molecule has 1 fully saturated rings. The minimum atomic E-state index is -0.516. The summed E-state index contributed by atoms with van der Waals surface area (Å²) in [7, 11) is 1.83. The van der Waals surface area contributed by atoms with E-state index in [4.69, 9.17) is 10.5 Å². The predicted molar refractivity (Wildman–Crippen MR) is 103 cm³/mol. The van der Waals surface area contributed by atoms with E-state index in [1.54, 1.807) is 10.9 Å². The van der Waals surface area contributed by atoms with Crippen LogP contribution in [0.5, 0.6) is 0 Å². The monoisotopic (exact) mass is 415 g/mol. The summed E-state index contributed by atoms with van der Waals surface area (Å²) in [4.78, 5) is 14.9. The highest BCUT2D eigenvalue weighted by molar-refractivity contribution is 5.94. The fourth-order valence-corrected chi connectivity index (χ4v) is 2.95. The lowest BCUT2D eigenvalue weighted by molar-refractivity contribution is 0.0332. The lowest BCUT2D eigenvalue weighted by atomic mass is 10.2. The topological polar surface area (TPSA) is 167 Å². The summed E-state index contributed by atoms with van der Waals surface area (Å²) < 4.78 is 13.1. The van der Waals surface area contributed by atoms with Gasteiger partial charge in [-0.1, -0.05) is 5.21 Å². The van der Waals surface area contributed by atoms with Crippen LogP contribution >= 0.6 is 0 Å². The molecular formula is C16H21N11O3. The van der Waals surface area contributed by atoms with Crippen molar-refractivity contribution >= 4 is 17.9 Å². The number of hydrazone groups is 1. The van der Waals surface area contributed by atoms with Crippen LogP contribution in [0.4, 0.5) is 5.82 Å². The van der Waals surface area contributed by atoms with Gasteiger partial charge >= 0.3 is 0 Å². The number of carbonyl (C=O) groups is 1. The van der Waals surface area contributed by atoms with Crippen molar-refractivity contribution in [1.29, 1.82) is 0 Å². The minimum absolute atomic E-state index is 0.0418. The van der Waals surface area contributed by atoms with E-state index in [0.29, 0.717) is 38.5 Å². The van der Waals surface area contributed by atoms with Gasteiger partial charge in [-0.05, 0) is 17.2 Å². The molecule has 0 bridgehead atoms. The van der Waals surface area contributed by atoms with Gasteiger partial charge in [0.2, 0.25) is 11.6 Å². The summed E-state index contributed by atoms with van der Waals surface area (Å²) in [5, 5.41) is 23.5. The number of aromatic nitrogens is 7. The molecule has 30 heavy (non-hydrogen) atoms. The maximum Gasteiger partial charge on any atom is 0.293 e. The van der Waals surface area contributed by atoms with E-state index < -0.39 is 5.91 Å². The zero-order valence-corrected chi connectivity index (χ0v) is 16.5. The summed E-state index contributed by atoms with van der Waals surface area (Å²) in [5.41, 5.74) is 10.6. The molecule has 1 aliphatic heterocycles. The van der Waals surface area contributed by atoms with Gasteiger partial charge in [0, 0.05) is 37.9 Å². The van der Waals surface area contributed by atoms with Crippen molar-refractivity contribution < 1.29 is 14.2 Å². The Balaban J connectivity index is 1.58. The quantitative estimate of drug-likeness (QED) is 0.371. The third kappa shape index (κ3) is 3.90. The molecule has 158 valence electrons. The smallest absolute Gasteiger partial charge is 0.293 e. The normalized spacial score (nSPS) is 15.1. The number of anilines is 1. The molecule has 4 heterocycles. The maximum atomic E-state index is 12.8. The van der Waals surface area contributed by atoms with Gasteiger partial charge < -0.3 is 10.5 Å². The molecule has 0 radical (unpaired) electrons. The molecule has 0 spiro atoms. The lowest BCUT2D eigenvalue weighted by Gasteiger charge is -2.26. The SMILES string of the molecule is Cc1c(/C=N\NC(=O)c2nnn(-c3nonc3N)c2CN2CCOCC2)cnn1C. The molecule has 0 aromatic carbocycles. The molecule has 1 aliphatic rings. The standard InChI is InChI=1S/C16H21N11O3/c1-10-11(8-19-25(10)2)7-18-21-16(28)13-12(9-26-3-5-29-6-4-26)27(24-20-13)15-14(17)22-30-23-15/h7-8H,3-6,9H2,1-2H3,(H2,17,22)(H,21,28)/b18-7-. The average molecular weight is 415 g/mol. The predicted octanol–water partition coefficient (Wildman–Crippen LogP) is -1.13. The Morgan fingerprint density at radius 2 is 2.17 bits per heavy atom. The summed E-state index contributed by atoms with van der Waals surface area (Å²) in [6.07, 6.45) is 3.18. The maximum absolute atomic E-state index is 12.8. The zero-order valence-electron chi connectivity index (χ0n) is 16.5. The van der Waals surface area contributed by atoms with Crippen LogP contribution in [0.25, 0.3) is 5.82 Å². The van der Waals surface area contributed by atoms with Gasteiger partial charge in [-0.25, -0.2) is 10.1 Å². The molecule has 1 saturated heterocycles. The van der Waals surface area contributed by atoms with Crippen LogP contribution in [-0.2, 0) is 18.3 Å². The Hall–Kier alpha value is -3.65. The fourth-order valence-electron chi connectivity index (χ4n) is 2.95. The number of hydrogen-bond donors (Lipinski definition) is 2. The van der Waals surface area contributed by atoms with Crippen molar-refractivity contribution in [1.82, 2.24) is 45.4 Å². The van der Waals surface area contributed by atoms with Crippen LogP contribution in [0.1, 0.15) is 27.4 Å². The third-order valence-corrected chi connectivity index (χ3v) is 4.79. The number of carbonyl (C=O) groups excluding carboxylic acids is 1. The highest BCUT2D eigenvalue weighted by atomic mass is 16.6. The number of rotatable bonds is 6. The van der Waals surface area contributed by atoms with Crippen molar-refractivity contribution in [2.24, 2.45) is 12.1 Å². The van der Waals surface area contributed by atoms with E-state index in [0.717, 1.165) is 11.3 Å². The Labute approximate surface area is 170 Å². The highest BCUT2D eigenvalue weighted by Crippen LogP contribution is 2.18. The average Bonchev–Trinajstić information content (AvgIpc) is 3.43.